The van der Waals surface area contributed by atoms with E-state index < -0.39 is 0 Å². The number of hydrogen-bond donors (Lipinski definition) is 0. The third-order valence-corrected chi connectivity index (χ3v) is 3.13. The molecule has 2 nitrogen and oxygen atoms in total. The summed E-state index contributed by atoms with van der Waals surface area (Å²) in [5, 5.41) is 0. The van der Waals surface area contributed by atoms with Crippen LogP contribution in [0.25, 0.3) is 0 Å². The van der Waals surface area contributed by atoms with Crippen LogP contribution in [0.4, 0.5) is 0 Å². The van der Waals surface area contributed by atoms with Crippen molar-refractivity contribution in [1.82, 2.24) is 0 Å². The number of ether oxygens (including phenoxy) is 2. The number of rotatable bonds is 7. The molecule has 0 aliphatic rings. The fraction of sp³-hybridized carbons (Fsp3) is 0.500. The second-order valence-electron chi connectivity index (χ2n) is 5.01. The third kappa shape index (κ3) is 5.03. The van der Waals surface area contributed by atoms with Gasteiger partial charge in [-0.15, -0.1) is 0 Å². The highest BCUT2D eigenvalue weighted by molar-refractivity contribution is 5.18. The predicted molar refractivity (Wildman–Crippen MR) is 75.7 cm³/mol. The van der Waals surface area contributed by atoms with Crippen molar-refractivity contribution in [1.29, 1.82) is 0 Å². The summed E-state index contributed by atoms with van der Waals surface area (Å²) in [6.07, 6.45) is 6.27. The Morgan fingerprint density at radius 3 is 2.33 bits per heavy atom. The van der Waals surface area contributed by atoms with Crippen LogP contribution >= 0.6 is 0 Å². The van der Waals surface area contributed by atoms with Gasteiger partial charge in [0, 0.05) is 14.2 Å². The topological polar surface area (TPSA) is 18.5 Å². The predicted octanol–water partition coefficient (Wildman–Crippen LogP) is 4.14. The molecule has 0 radical (unpaired) electrons. The first-order valence-electron chi connectivity index (χ1n) is 6.37. The summed E-state index contributed by atoms with van der Waals surface area (Å²) in [6, 6.07) is 10.3. The molecule has 0 saturated carbocycles. The second-order valence-corrected chi connectivity index (χ2v) is 5.01. The second kappa shape index (κ2) is 7.34. The maximum Gasteiger partial charge on any atom is 0.0855 e. The lowest BCUT2D eigenvalue weighted by atomic mass is 10.0. The van der Waals surface area contributed by atoms with Crippen molar-refractivity contribution in [2.75, 3.05) is 14.2 Å². The number of hydrogen-bond acceptors (Lipinski definition) is 2. The zero-order valence-electron chi connectivity index (χ0n) is 11.8. The maximum absolute atomic E-state index is 5.51. The van der Waals surface area contributed by atoms with Crippen LogP contribution in [0.1, 0.15) is 38.4 Å². The molecule has 1 unspecified atom stereocenters. The van der Waals surface area contributed by atoms with E-state index in [-0.39, 0.29) is 11.7 Å². The first-order valence-corrected chi connectivity index (χ1v) is 6.37. The van der Waals surface area contributed by atoms with Crippen molar-refractivity contribution in [3.63, 3.8) is 0 Å². The first kappa shape index (κ1) is 14.9. The Hall–Kier alpha value is -1.12. The third-order valence-electron chi connectivity index (χ3n) is 3.13. The summed E-state index contributed by atoms with van der Waals surface area (Å²) in [7, 11) is 3.50. The van der Waals surface area contributed by atoms with Gasteiger partial charge in [-0.25, -0.2) is 0 Å². The van der Waals surface area contributed by atoms with E-state index in [1.807, 2.05) is 18.2 Å². The molecule has 0 aliphatic carbocycles. The summed E-state index contributed by atoms with van der Waals surface area (Å²) in [5.74, 6) is 0. The zero-order chi connectivity index (χ0) is 13.4. The number of methoxy groups -OCH3 is 2. The van der Waals surface area contributed by atoms with Gasteiger partial charge in [-0.3, -0.25) is 0 Å². The first-order chi connectivity index (χ1) is 8.59. The summed E-state index contributed by atoms with van der Waals surface area (Å²) in [4.78, 5) is 0. The van der Waals surface area contributed by atoms with Gasteiger partial charge in [-0.05, 0) is 32.3 Å². The van der Waals surface area contributed by atoms with E-state index in [1.54, 1.807) is 14.2 Å². The largest absolute Gasteiger partial charge is 0.378 e. The molecule has 0 aliphatic heterocycles. The van der Waals surface area contributed by atoms with Crippen LogP contribution in [0.15, 0.2) is 42.5 Å². The Bertz CT molecular complexity index is 355. The average Bonchev–Trinajstić information content (AvgIpc) is 2.40. The molecule has 2 heteroatoms. The SMILES string of the molecule is COC(CC=CCC(C)(C)OC)c1ccccc1. The quantitative estimate of drug-likeness (QED) is 0.675. The lowest BCUT2D eigenvalue weighted by Gasteiger charge is -2.20. The summed E-state index contributed by atoms with van der Waals surface area (Å²) >= 11 is 0. The Morgan fingerprint density at radius 2 is 1.78 bits per heavy atom. The fourth-order valence-corrected chi connectivity index (χ4v) is 1.71. The summed E-state index contributed by atoms with van der Waals surface area (Å²) < 4.78 is 10.9. The Labute approximate surface area is 111 Å². The van der Waals surface area contributed by atoms with Gasteiger partial charge in [0.15, 0.2) is 0 Å². The normalized spacial score (nSPS) is 14.0. The van der Waals surface area contributed by atoms with Gasteiger partial charge >= 0.3 is 0 Å². The summed E-state index contributed by atoms with van der Waals surface area (Å²) in [5.41, 5.74) is 1.13. The highest BCUT2D eigenvalue weighted by atomic mass is 16.5. The molecule has 0 aromatic heterocycles. The lowest BCUT2D eigenvalue weighted by Crippen LogP contribution is -2.20. The standard InChI is InChI=1S/C16H24O2/c1-16(2,18-4)13-9-8-12-15(17-3)14-10-6-5-7-11-14/h5-11,15H,12-13H2,1-4H3. The minimum Gasteiger partial charge on any atom is -0.378 e. The highest BCUT2D eigenvalue weighted by Gasteiger charge is 2.13. The van der Waals surface area contributed by atoms with E-state index in [0.29, 0.717) is 0 Å². The zero-order valence-corrected chi connectivity index (χ0v) is 11.8. The van der Waals surface area contributed by atoms with Gasteiger partial charge in [0.25, 0.3) is 0 Å². The minimum atomic E-state index is -0.0915. The molecular formula is C16H24O2. The van der Waals surface area contributed by atoms with Crippen LogP contribution in [0.3, 0.4) is 0 Å². The molecule has 100 valence electrons. The van der Waals surface area contributed by atoms with Gasteiger partial charge in [0.2, 0.25) is 0 Å². The van der Waals surface area contributed by atoms with Gasteiger partial charge in [0.05, 0.1) is 11.7 Å². The summed E-state index contributed by atoms with van der Waals surface area (Å²) in [6.45, 7) is 4.17. The molecular weight excluding hydrogens is 224 g/mol. The van der Waals surface area contributed by atoms with Gasteiger partial charge in [-0.1, -0.05) is 42.5 Å². The van der Waals surface area contributed by atoms with Crippen molar-refractivity contribution < 1.29 is 9.47 Å². The van der Waals surface area contributed by atoms with E-state index in [1.165, 1.54) is 5.56 Å². The molecule has 0 fully saturated rings. The van der Waals surface area contributed by atoms with Crippen LogP contribution in [-0.2, 0) is 9.47 Å². The van der Waals surface area contributed by atoms with Crippen molar-refractivity contribution in [3.05, 3.63) is 48.0 Å². The van der Waals surface area contributed by atoms with E-state index >= 15 is 0 Å². The highest BCUT2D eigenvalue weighted by Crippen LogP contribution is 2.21. The van der Waals surface area contributed by atoms with Crippen LogP contribution < -0.4 is 0 Å². The molecule has 1 atom stereocenters. The van der Waals surface area contributed by atoms with Crippen LogP contribution in [0, 0.1) is 0 Å². The lowest BCUT2D eigenvalue weighted by molar-refractivity contribution is 0.0253. The fourth-order valence-electron chi connectivity index (χ4n) is 1.71. The molecule has 1 aromatic rings. The van der Waals surface area contributed by atoms with Crippen molar-refractivity contribution in [3.8, 4) is 0 Å². The molecule has 0 bridgehead atoms. The molecule has 1 rings (SSSR count). The Kier molecular flexibility index (Phi) is 6.10. The van der Waals surface area contributed by atoms with Gasteiger partial charge < -0.3 is 9.47 Å². The van der Waals surface area contributed by atoms with Gasteiger partial charge in [-0.2, -0.15) is 0 Å². The molecule has 18 heavy (non-hydrogen) atoms. The van der Waals surface area contributed by atoms with E-state index in [9.17, 15) is 0 Å². The van der Waals surface area contributed by atoms with E-state index in [2.05, 4.69) is 38.1 Å². The number of benzene rings is 1. The van der Waals surface area contributed by atoms with Crippen molar-refractivity contribution >= 4 is 0 Å². The molecule has 0 spiro atoms. The molecule has 0 amide bonds. The monoisotopic (exact) mass is 248 g/mol. The Balaban J connectivity index is 2.48. The van der Waals surface area contributed by atoms with E-state index in [0.717, 1.165) is 12.8 Å². The van der Waals surface area contributed by atoms with Crippen molar-refractivity contribution in [2.24, 2.45) is 0 Å². The molecule has 0 heterocycles. The minimum absolute atomic E-state index is 0.0915. The van der Waals surface area contributed by atoms with Crippen LogP contribution in [0.5, 0.6) is 0 Å². The Morgan fingerprint density at radius 1 is 1.11 bits per heavy atom. The van der Waals surface area contributed by atoms with Crippen LogP contribution in [-0.4, -0.2) is 19.8 Å². The molecule has 0 saturated heterocycles. The van der Waals surface area contributed by atoms with Crippen LogP contribution in [0.2, 0.25) is 0 Å². The van der Waals surface area contributed by atoms with Gasteiger partial charge in [0.1, 0.15) is 0 Å². The molecule has 1 aromatic carbocycles. The van der Waals surface area contributed by atoms with E-state index in [4.69, 9.17) is 9.47 Å². The maximum atomic E-state index is 5.51. The molecule has 0 N–H and O–H groups in total. The smallest absolute Gasteiger partial charge is 0.0855 e. The van der Waals surface area contributed by atoms with Crippen molar-refractivity contribution in [2.45, 2.75) is 38.4 Å². The average molecular weight is 248 g/mol.